The number of rotatable bonds is 7. The van der Waals surface area contributed by atoms with Crippen molar-refractivity contribution in [3.63, 3.8) is 0 Å². The first kappa shape index (κ1) is 16.8. The van der Waals surface area contributed by atoms with Crippen LogP contribution < -0.4 is 10.1 Å². The summed E-state index contributed by atoms with van der Waals surface area (Å²) in [6, 6.07) is 5.46. The van der Waals surface area contributed by atoms with Gasteiger partial charge in [-0.15, -0.1) is 0 Å². The summed E-state index contributed by atoms with van der Waals surface area (Å²) in [5, 5.41) is 13.5. The van der Waals surface area contributed by atoms with Crippen LogP contribution in [0.1, 0.15) is 46.2 Å². The Balaban J connectivity index is 2.73. The van der Waals surface area contributed by atoms with Crippen LogP contribution in [0.2, 0.25) is 0 Å². The molecule has 0 aliphatic carbocycles. The van der Waals surface area contributed by atoms with Crippen molar-refractivity contribution < 1.29 is 9.84 Å². The summed E-state index contributed by atoms with van der Waals surface area (Å²) >= 11 is 0. The average Bonchev–Trinajstić information content (AvgIpc) is 2.38. The van der Waals surface area contributed by atoms with E-state index in [2.05, 4.69) is 39.9 Å². The number of methoxy groups -OCH3 is 1. The van der Waals surface area contributed by atoms with Crippen molar-refractivity contribution in [1.29, 1.82) is 0 Å². The lowest BCUT2D eigenvalue weighted by molar-refractivity contribution is 0.267. The summed E-state index contributed by atoms with van der Waals surface area (Å²) in [6.45, 7) is 12.1. The van der Waals surface area contributed by atoms with Crippen LogP contribution in [-0.4, -0.2) is 18.8 Å². The van der Waals surface area contributed by atoms with Gasteiger partial charge < -0.3 is 15.2 Å². The molecule has 3 heteroatoms. The van der Waals surface area contributed by atoms with E-state index in [1.54, 1.807) is 19.2 Å². The van der Waals surface area contributed by atoms with E-state index in [1.165, 1.54) is 0 Å². The lowest BCUT2D eigenvalue weighted by Crippen LogP contribution is -2.31. The van der Waals surface area contributed by atoms with Crippen LogP contribution in [0.4, 0.5) is 0 Å². The third-order valence-corrected chi connectivity index (χ3v) is 4.07. The number of nitrogens with one attached hydrogen (secondary N) is 1. The Morgan fingerprint density at radius 2 is 1.70 bits per heavy atom. The molecule has 3 nitrogen and oxygen atoms in total. The van der Waals surface area contributed by atoms with Crippen molar-refractivity contribution in [1.82, 2.24) is 5.32 Å². The smallest absolute Gasteiger partial charge is 0.120 e. The van der Waals surface area contributed by atoms with Gasteiger partial charge in [0.05, 0.1) is 7.11 Å². The topological polar surface area (TPSA) is 41.5 Å². The second-order valence-electron chi connectivity index (χ2n) is 6.21. The lowest BCUT2D eigenvalue weighted by Gasteiger charge is -2.27. The van der Waals surface area contributed by atoms with Crippen LogP contribution >= 0.6 is 0 Å². The zero-order chi connectivity index (χ0) is 15.3. The van der Waals surface area contributed by atoms with Gasteiger partial charge in [0, 0.05) is 11.6 Å². The van der Waals surface area contributed by atoms with E-state index in [9.17, 15) is 5.11 Å². The van der Waals surface area contributed by atoms with Gasteiger partial charge >= 0.3 is 0 Å². The van der Waals surface area contributed by atoms with Crippen molar-refractivity contribution in [2.24, 2.45) is 17.8 Å². The molecule has 1 atom stereocenters. The lowest BCUT2D eigenvalue weighted by atomic mass is 9.85. The van der Waals surface area contributed by atoms with E-state index in [0.29, 0.717) is 23.5 Å². The highest BCUT2D eigenvalue weighted by Crippen LogP contribution is 2.29. The van der Waals surface area contributed by atoms with E-state index >= 15 is 0 Å². The second-order valence-corrected chi connectivity index (χ2v) is 6.21. The summed E-state index contributed by atoms with van der Waals surface area (Å²) in [7, 11) is 1.64. The van der Waals surface area contributed by atoms with Gasteiger partial charge in [-0.25, -0.2) is 0 Å². The molecule has 0 saturated heterocycles. The monoisotopic (exact) mass is 279 g/mol. The molecule has 20 heavy (non-hydrogen) atoms. The molecule has 0 aliphatic heterocycles. The molecule has 0 aromatic heterocycles. The molecule has 0 radical (unpaired) electrons. The predicted molar refractivity (Wildman–Crippen MR) is 84.2 cm³/mol. The molecule has 2 N–H and O–H groups in total. The Labute approximate surface area is 123 Å². The van der Waals surface area contributed by atoms with E-state index in [1.807, 2.05) is 6.07 Å². The van der Waals surface area contributed by atoms with Gasteiger partial charge in [0.15, 0.2) is 0 Å². The van der Waals surface area contributed by atoms with E-state index in [-0.39, 0.29) is 6.04 Å². The molecular formula is C17H29NO2. The number of benzene rings is 1. The fourth-order valence-corrected chi connectivity index (χ4v) is 2.67. The highest BCUT2D eigenvalue weighted by molar-refractivity contribution is 5.41. The van der Waals surface area contributed by atoms with Gasteiger partial charge in [0.25, 0.3) is 0 Å². The molecule has 0 amide bonds. The van der Waals surface area contributed by atoms with Gasteiger partial charge in [-0.3, -0.25) is 0 Å². The maximum atomic E-state index is 9.99. The maximum absolute atomic E-state index is 9.99. The molecule has 1 rings (SSSR count). The first-order chi connectivity index (χ1) is 9.36. The standard InChI is InChI=1S/C17H29NO2/c1-11(2)16(12(3)4)10-18-13(5)15-9-14(20-6)7-8-17(15)19/h7-9,11-13,16,18-19H,10H2,1-6H3. The molecule has 0 heterocycles. The Hall–Kier alpha value is -1.22. The number of hydrogen-bond acceptors (Lipinski definition) is 3. The van der Waals surface area contributed by atoms with E-state index < -0.39 is 0 Å². The maximum Gasteiger partial charge on any atom is 0.120 e. The summed E-state index contributed by atoms with van der Waals surface area (Å²) in [5.41, 5.74) is 0.885. The van der Waals surface area contributed by atoms with Crippen LogP contribution in [0.25, 0.3) is 0 Å². The first-order valence-corrected chi connectivity index (χ1v) is 7.47. The second kappa shape index (κ2) is 7.53. The molecule has 0 spiro atoms. The molecule has 0 bridgehead atoms. The number of phenols is 1. The van der Waals surface area contributed by atoms with Crippen LogP contribution in [-0.2, 0) is 0 Å². The molecule has 1 aromatic rings. The number of hydrogen-bond donors (Lipinski definition) is 2. The summed E-state index contributed by atoms with van der Waals surface area (Å²) in [6.07, 6.45) is 0. The third kappa shape index (κ3) is 4.41. The van der Waals surface area contributed by atoms with Crippen LogP contribution in [0.15, 0.2) is 18.2 Å². The Kier molecular flexibility index (Phi) is 6.34. The number of ether oxygens (including phenoxy) is 1. The molecule has 1 unspecified atom stereocenters. The Morgan fingerprint density at radius 3 is 2.20 bits per heavy atom. The minimum atomic E-state index is 0.102. The number of aromatic hydroxyl groups is 1. The zero-order valence-corrected chi connectivity index (χ0v) is 13.6. The highest BCUT2D eigenvalue weighted by atomic mass is 16.5. The van der Waals surface area contributed by atoms with Crippen LogP contribution in [0.5, 0.6) is 11.5 Å². The minimum absolute atomic E-state index is 0.102. The highest BCUT2D eigenvalue weighted by Gasteiger charge is 2.19. The van der Waals surface area contributed by atoms with Crippen molar-refractivity contribution in [3.05, 3.63) is 23.8 Å². The van der Waals surface area contributed by atoms with Crippen LogP contribution in [0, 0.1) is 17.8 Å². The van der Waals surface area contributed by atoms with Crippen LogP contribution in [0.3, 0.4) is 0 Å². The molecule has 1 aromatic carbocycles. The predicted octanol–water partition coefficient (Wildman–Crippen LogP) is 3.98. The fourth-order valence-electron chi connectivity index (χ4n) is 2.67. The van der Waals surface area contributed by atoms with Crippen molar-refractivity contribution in [3.8, 4) is 11.5 Å². The van der Waals surface area contributed by atoms with Gasteiger partial charge in [-0.05, 0) is 49.4 Å². The van der Waals surface area contributed by atoms with Crippen molar-refractivity contribution in [2.45, 2.75) is 40.7 Å². The van der Waals surface area contributed by atoms with Gasteiger partial charge in [0.2, 0.25) is 0 Å². The average molecular weight is 279 g/mol. The van der Waals surface area contributed by atoms with Gasteiger partial charge in [-0.1, -0.05) is 27.7 Å². The number of phenolic OH excluding ortho intramolecular Hbond substituents is 1. The molecule has 0 fully saturated rings. The molecular weight excluding hydrogens is 250 g/mol. The summed E-state index contributed by atoms with van der Waals surface area (Å²) < 4.78 is 5.22. The van der Waals surface area contributed by atoms with Crippen molar-refractivity contribution >= 4 is 0 Å². The van der Waals surface area contributed by atoms with Gasteiger partial charge in [0.1, 0.15) is 11.5 Å². The fraction of sp³-hybridized carbons (Fsp3) is 0.647. The summed E-state index contributed by atoms with van der Waals surface area (Å²) in [4.78, 5) is 0. The van der Waals surface area contributed by atoms with E-state index in [0.717, 1.165) is 17.9 Å². The molecule has 0 aliphatic rings. The quantitative estimate of drug-likeness (QED) is 0.793. The minimum Gasteiger partial charge on any atom is -0.508 e. The molecule has 114 valence electrons. The van der Waals surface area contributed by atoms with Gasteiger partial charge in [-0.2, -0.15) is 0 Å². The van der Waals surface area contributed by atoms with E-state index in [4.69, 9.17) is 4.74 Å². The third-order valence-electron chi connectivity index (χ3n) is 4.07. The largest absolute Gasteiger partial charge is 0.508 e. The zero-order valence-electron chi connectivity index (χ0n) is 13.6. The first-order valence-electron chi connectivity index (χ1n) is 7.47. The Bertz CT molecular complexity index is 407. The molecule has 0 saturated carbocycles. The SMILES string of the molecule is COc1ccc(O)c(C(C)NCC(C(C)C)C(C)C)c1. The summed E-state index contributed by atoms with van der Waals surface area (Å²) in [5.74, 6) is 3.01. The normalized spacial score (nSPS) is 13.2. The van der Waals surface area contributed by atoms with Crippen molar-refractivity contribution in [2.75, 3.05) is 13.7 Å². The Morgan fingerprint density at radius 1 is 1.10 bits per heavy atom.